The topological polar surface area (TPSA) is 83.5 Å². The van der Waals surface area contributed by atoms with Crippen molar-refractivity contribution in [3.05, 3.63) is 51.0 Å². The molecule has 2 atom stereocenters. The number of carbonyl (C=O) groups is 3. The standard InChI is InChI=1S/C23H24FNO4S/c24-13-8-10-14(11-9-13)25-22(27)21-17-6-3-7-19(17)30-20(21)12-18(26)15-4-1-2-5-16(15)23(28)29/h8-11,15-16H,1-7,12H2,(H,25,27)(H,28,29). The van der Waals surface area contributed by atoms with Crippen molar-refractivity contribution in [3.63, 3.8) is 0 Å². The van der Waals surface area contributed by atoms with E-state index in [2.05, 4.69) is 5.32 Å². The van der Waals surface area contributed by atoms with E-state index in [-0.39, 0.29) is 23.9 Å². The monoisotopic (exact) mass is 429 g/mol. The first-order chi connectivity index (χ1) is 14.4. The van der Waals surface area contributed by atoms with E-state index in [4.69, 9.17) is 0 Å². The number of thiophene rings is 1. The molecule has 2 unspecified atom stereocenters. The molecule has 0 spiro atoms. The average molecular weight is 430 g/mol. The predicted octanol–water partition coefficient (Wildman–Crippen LogP) is 4.63. The van der Waals surface area contributed by atoms with Gasteiger partial charge in [0.2, 0.25) is 0 Å². The summed E-state index contributed by atoms with van der Waals surface area (Å²) in [6.45, 7) is 0. The third-order valence-electron chi connectivity index (χ3n) is 6.15. The minimum atomic E-state index is -0.906. The fraction of sp³-hybridized carbons (Fsp3) is 0.435. The van der Waals surface area contributed by atoms with Gasteiger partial charge in [0, 0.05) is 27.8 Å². The number of amides is 1. The van der Waals surface area contributed by atoms with Crippen molar-refractivity contribution in [2.45, 2.75) is 51.4 Å². The Morgan fingerprint density at radius 2 is 1.73 bits per heavy atom. The van der Waals surface area contributed by atoms with Crippen LogP contribution in [0, 0.1) is 17.7 Å². The number of rotatable bonds is 6. The van der Waals surface area contributed by atoms with Gasteiger partial charge in [-0.25, -0.2) is 4.39 Å². The minimum absolute atomic E-state index is 0.0853. The summed E-state index contributed by atoms with van der Waals surface area (Å²) in [4.78, 5) is 39.6. The van der Waals surface area contributed by atoms with Crippen LogP contribution in [0.3, 0.4) is 0 Å². The van der Waals surface area contributed by atoms with Crippen LogP contribution in [0.15, 0.2) is 24.3 Å². The number of ketones is 1. The molecule has 0 radical (unpaired) electrons. The van der Waals surface area contributed by atoms with Crippen LogP contribution in [-0.2, 0) is 28.9 Å². The van der Waals surface area contributed by atoms with E-state index in [0.717, 1.165) is 47.4 Å². The molecule has 1 saturated carbocycles. The van der Waals surface area contributed by atoms with Crippen molar-refractivity contribution in [3.8, 4) is 0 Å². The number of halogens is 1. The quantitative estimate of drug-likeness (QED) is 0.701. The highest BCUT2D eigenvalue weighted by Crippen LogP contribution is 2.38. The number of carboxylic acid groups (broad SMARTS) is 1. The maximum atomic E-state index is 13.2. The zero-order valence-corrected chi connectivity index (χ0v) is 17.4. The Labute approximate surface area is 178 Å². The SMILES string of the molecule is O=C(Nc1ccc(F)cc1)c1c(CC(=O)C2CCCCC2C(=O)O)sc2c1CCC2. The Hall–Kier alpha value is -2.54. The van der Waals surface area contributed by atoms with Gasteiger partial charge >= 0.3 is 5.97 Å². The number of carbonyl (C=O) groups excluding carboxylic acids is 2. The highest BCUT2D eigenvalue weighted by molar-refractivity contribution is 7.12. The summed E-state index contributed by atoms with van der Waals surface area (Å²) in [6, 6.07) is 5.58. The first-order valence-corrected chi connectivity index (χ1v) is 11.2. The van der Waals surface area contributed by atoms with Gasteiger partial charge in [0.1, 0.15) is 11.6 Å². The number of carboxylic acids is 1. The second-order valence-electron chi connectivity index (χ2n) is 8.10. The summed E-state index contributed by atoms with van der Waals surface area (Å²) >= 11 is 1.50. The highest BCUT2D eigenvalue weighted by Gasteiger charge is 2.36. The van der Waals surface area contributed by atoms with Crippen LogP contribution < -0.4 is 5.32 Å². The van der Waals surface area contributed by atoms with E-state index in [0.29, 0.717) is 24.1 Å². The number of benzene rings is 1. The molecular formula is C23H24FNO4S. The van der Waals surface area contributed by atoms with Crippen LogP contribution in [-0.4, -0.2) is 22.8 Å². The van der Waals surface area contributed by atoms with Gasteiger partial charge in [-0.3, -0.25) is 14.4 Å². The van der Waals surface area contributed by atoms with E-state index in [9.17, 15) is 23.9 Å². The van der Waals surface area contributed by atoms with Gasteiger partial charge in [-0.2, -0.15) is 0 Å². The summed E-state index contributed by atoms with van der Waals surface area (Å²) in [5.74, 6) is -2.77. The first-order valence-electron chi connectivity index (χ1n) is 10.4. The molecule has 2 N–H and O–H groups in total. The highest BCUT2D eigenvalue weighted by atomic mass is 32.1. The van der Waals surface area contributed by atoms with Crippen molar-refractivity contribution in [2.75, 3.05) is 5.32 Å². The minimum Gasteiger partial charge on any atom is -0.481 e. The number of aliphatic carboxylic acids is 1. The molecule has 158 valence electrons. The van der Waals surface area contributed by atoms with Crippen LogP contribution in [0.2, 0.25) is 0 Å². The number of Topliss-reactive ketones (excluding diaryl/α,β-unsaturated/α-hetero) is 1. The Kier molecular flexibility index (Phi) is 5.99. The van der Waals surface area contributed by atoms with E-state index in [1.807, 2.05) is 0 Å². The van der Waals surface area contributed by atoms with Gasteiger partial charge in [-0.15, -0.1) is 11.3 Å². The first kappa shape index (κ1) is 20.7. The second kappa shape index (κ2) is 8.68. The lowest BCUT2D eigenvalue weighted by molar-refractivity contribution is -0.148. The normalized spacial score (nSPS) is 20.6. The van der Waals surface area contributed by atoms with Crippen molar-refractivity contribution < 1.29 is 23.9 Å². The van der Waals surface area contributed by atoms with Crippen LogP contribution in [0.5, 0.6) is 0 Å². The number of anilines is 1. The number of nitrogens with one attached hydrogen (secondary N) is 1. The summed E-state index contributed by atoms with van der Waals surface area (Å²) < 4.78 is 13.2. The number of aryl methyl sites for hydroxylation is 1. The zero-order valence-electron chi connectivity index (χ0n) is 16.6. The van der Waals surface area contributed by atoms with Crippen molar-refractivity contribution in [2.24, 2.45) is 11.8 Å². The van der Waals surface area contributed by atoms with Crippen molar-refractivity contribution in [1.82, 2.24) is 0 Å². The molecule has 1 amide bonds. The number of hydrogen-bond donors (Lipinski definition) is 2. The largest absolute Gasteiger partial charge is 0.481 e. The Balaban J connectivity index is 1.58. The molecule has 2 aliphatic rings. The summed E-state index contributed by atoms with van der Waals surface area (Å²) in [7, 11) is 0. The van der Waals surface area contributed by atoms with E-state index in [1.54, 1.807) is 0 Å². The smallest absolute Gasteiger partial charge is 0.307 e. The lowest BCUT2D eigenvalue weighted by Gasteiger charge is -2.27. The van der Waals surface area contributed by atoms with E-state index >= 15 is 0 Å². The molecule has 2 aromatic rings. The Morgan fingerprint density at radius 1 is 1.03 bits per heavy atom. The van der Waals surface area contributed by atoms with Gasteiger partial charge < -0.3 is 10.4 Å². The predicted molar refractivity (Wildman–Crippen MR) is 112 cm³/mol. The molecule has 0 saturated heterocycles. The fourth-order valence-corrected chi connectivity index (χ4v) is 6.08. The second-order valence-corrected chi connectivity index (χ2v) is 9.29. The average Bonchev–Trinajstić information content (AvgIpc) is 3.30. The molecule has 4 rings (SSSR count). The molecule has 1 aromatic carbocycles. The van der Waals surface area contributed by atoms with Gasteiger partial charge in [-0.05, 0) is 61.9 Å². The number of hydrogen-bond acceptors (Lipinski definition) is 4. The van der Waals surface area contributed by atoms with Gasteiger partial charge in [-0.1, -0.05) is 12.8 Å². The number of fused-ring (bicyclic) bond motifs is 1. The maximum Gasteiger partial charge on any atom is 0.307 e. The molecule has 1 heterocycles. The van der Waals surface area contributed by atoms with Gasteiger partial charge in [0.05, 0.1) is 11.5 Å². The molecule has 30 heavy (non-hydrogen) atoms. The Bertz CT molecular complexity index is 982. The molecule has 1 fully saturated rings. The fourth-order valence-electron chi connectivity index (χ4n) is 4.68. The van der Waals surface area contributed by atoms with Crippen LogP contribution in [0.25, 0.3) is 0 Å². The molecule has 5 nitrogen and oxygen atoms in total. The molecule has 0 bridgehead atoms. The maximum absolute atomic E-state index is 13.2. The Morgan fingerprint density at radius 3 is 2.43 bits per heavy atom. The van der Waals surface area contributed by atoms with Crippen molar-refractivity contribution in [1.29, 1.82) is 0 Å². The summed E-state index contributed by atoms with van der Waals surface area (Å²) in [5.41, 5.74) is 2.04. The van der Waals surface area contributed by atoms with E-state index in [1.165, 1.54) is 35.6 Å². The lowest BCUT2D eigenvalue weighted by atomic mass is 9.76. The third-order valence-corrected chi connectivity index (χ3v) is 7.45. The third kappa shape index (κ3) is 4.17. The van der Waals surface area contributed by atoms with Crippen LogP contribution in [0.4, 0.5) is 10.1 Å². The van der Waals surface area contributed by atoms with Crippen LogP contribution in [0.1, 0.15) is 57.8 Å². The zero-order chi connectivity index (χ0) is 21.3. The lowest BCUT2D eigenvalue weighted by Crippen LogP contribution is -2.33. The van der Waals surface area contributed by atoms with Crippen molar-refractivity contribution >= 4 is 34.7 Å². The molecule has 7 heteroatoms. The molecule has 1 aromatic heterocycles. The van der Waals surface area contributed by atoms with Gasteiger partial charge in [0.25, 0.3) is 5.91 Å². The van der Waals surface area contributed by atoms with Gasteiger partial charge in [0.15, 0.2) is 0 Å². The summed E-state index contributed by atoms with van der Waals surface area (Å²) in [6.07, 6.45) is 5.59. The van der Waals surface area contributed by atoms with E-state index < -0.39 is 17.8 Å². The summed E-state index contributed by atoms with van der Waals surface area (Å²) in [5, 5.41) is 12.3. The molecular weight excluding hydrogens is 405 g/mol. The van der Waals surface area contributed by atoms with Crippen LogP contribution >= 0.6 is 11.3 Å². The molecule has 2 aliphatic carbocycles. The molecule has 0 aliphatic heterocycles.